The number of likely N-dealkylation sites (tertiary alicyclic amines) is 1. The molecule has 1 unspecified atom stereocenters. The molecule has 122 valence electrons. The number of nitrogens with zero attached hydrogens (tertiary/aromatic N) is 1. The summed E-state index contributed by atoms with van der Waals surface area (Å²) in [5.74, 6) is 1.54. The van der Waals surface area contributed by atoms with Crippen LogP contribution in [0.15, 0.2) is 24.3 Å². The van der Waals surface area contributed by atoms with Crippen LogP contribution in [-0.2, 0) is 9.47 Å². The predicted molar refractivity (Wildman–Crippen MR) is 86.1 cm³/mol. The third-order valence-corrected chi connectivity index (χ3v) is 4.54. The molecule has 4 heteroatoms. The van der Waals surface area contributed by atoms with Gasteiger partial charge in [0.1, 0.15) is 5.75 Å². The van der Waals surface area contributed by atoms with Gasteiger partial charge in [-0.1, -0.05) is 18.2 Å². The predicted octanol–water partition coefficient (Wildman–Crippen LogP) is 2.85. The van der Waals surface area contributed by atoms with Crippen molar-refractivity contribution in [1.82, 2.24) is 4.90 Å². The summed E-state index contributed by atoms with van der Waals surface area (Å²) in [7, 11) is 0. The van der Waals surface area contributed by atoms with Crippen LogP contribution in [-0.4, -0.2) is 50.6 Å². The van der Waals surface area contributed by atoms with Crippen LogP contribution in [0.25, 0.3) is 0 Å². The van der Waals surface area contributed by atoms with Crippen molar-refractivity contribution in [2.45, 2.75) is 32.5 Å². The third kappa shape index (κ3) is 4.22. The van der Waals surface area contributed by atoms with Crippen molar-refractivity contribution in [2.24, 2.45) is 5.92 Å². The lowest BCUT2D eigenvalue weighted by Crippen LogP contribution is -2.41. The summed E-state index contributed by atoms with van der Waals surface area (Å²) in [6, 6.07) is 8.20. The highest BCUT2D eigenvalue weighted by atomic mass is 16.7. The molecule has 1 aromatic carbocycles. The molecule has 22 heavy (non-hydrogen) atoms. The van der Waals surface area contributed by atoms with Crippen molar-refractivity contribution in [3.05, 3.63) is 29.8 Å². The molecule has 1 aromatic rings. The Kier molecular flexibility index (Phi) is 5.70. The van der Waals surface area contributed by atoms with Gasteiger partial charge in [-0.2, -0.15) is 0 Å². The molecule has 0 spiro atoms. The average Bonchev–Trinajstić information content (AvgIpc) is 3.08. The molecule has 2 fully saturated rings. The van der Waals surface area contributed by atoms with Crippen LogP contribution in [0.5, 0.6) is 5.75 Å². The number of piperidine rings is 1. The van der Waals surface area contributed by atoms with E-state index in [1.807, 2.05) is 18.2 Å². The third-order valence-electron chi connectivity index (χ3n) is 4.54. The lowest BCUT2D eigenvalue weighted by molar-refractivity contribution is -0.100. The Morgan fingerprint density at radius 1 is 1.23 bits per heavy atom. The largest absolute Gasteiger partial charge is 0.493 e. The first-order valence-corrected chi connectivity index (χ1v) is 8.47. The molecular weight excluding hydrogens is 278 g/mol. The van der Waals surface area contributed by atoms with Crippen LogP contribution in [0.4, 0.5) is 0 Å². The van der Waals surface area contributed by atoms with Gasteiger partial charge in [-0.15, -0.1) is 0 Å². The summed E-state index contributed by atoms with van der Waals surface area (Å²) in [5, 5.41) is 0. The summed E-state index contributed by atoms with van der Waals surface area (Å²) in [6.45, 7) is 7.75. The first-order chi connectivity index (χ1) is 10.8. The number of hydrogen-bond donors (Lipinski definition) is 0. The molecular formula is C18H27NO3. The van der Waals surface area contributed by atoms with Crippen molar-refractivity contribution in [2.75, 3.05) is 39.5 Å². The smallest absolute Gasteiger partial charge is 0.161 e. The Hall–Kier alpha value is -1.10. The molecule has 4 nitrogen and oxygen atoms in total. The van der Waals surface area contributed by atoms with Crippen LogP contribution in [0.3, 0.4) is 0 Å². The summed E-state index contributed by atoms with van der Waals surface area (Å²) in [6.07, 6.45) is 3.56. The van der Waals surface area contributed by atoms with Crippen LogP contribution in [0.1, 0.15) is 24.8 Å². The fraction of sp³-hybridized carbons (Fsp3) is 0.667. The quantitative estimate of drug-likeness (QED) is 0.756. The van der Waals surface area contributed by atoms with Gasteiger partial charge >= 0.3 is 0 Å². The van der Waals surface area contributed by atoms with E-state index in [9.17, 15) is 0 Å². The van der Waals surface area contributed by atoms with Crippen molar-refractivity contribution in [3.8, 4) is 5.75 Å². The second kappa shape index (κ2) is 7.95. The Labute approximate surface area is 133 Å². The van der Waals surface area contributed by atoms with Gasteiger partial charge in [0.25, 0.3) is 0 Å². The second-order valence-electron chi connectivity index (χ2n) is 6.28. The maximum absolute atomic E-state index is 5.88. The molecule has 0 saturated carbocycles. The molecule has 0 aromatic heterocycles. The summed E-state index contributed by atoms with van der Waals surface area (Å²) in [5.41, 5.74) is 1.20. The highest BCUT2D eigenvalue weighted by Crippen LogP contribution is 2.25. The lowest BCUT2D eigenvalue weighted by atomic mass is 9.97. The maximum Gasteiger partial charge on any atom is 0.161 e. The van der Waals surface area contributed by atoms with Gasteiger partial charge in [0.05, 0.1) is 19.8 Å². The summed E-state index contributed by atoms with van der Waals surface area (Å²) < 4.78 is 17.2. The standard InChI is InChI=1S/C18H27NO3/c1-15-6-2-3-8-17(15)20-11-5-10-19-9-4-7-16(14-19)18-21-12-13-22-18/h2-3,6,8,16,18H,4-5,7,9-14H2,1H3. The zero-order valence-corrected chi connectivity index (χ0v) is 13.5. The molecule has 2 saturated heterocycles. The van der Waals surface area contributed by atoms with Gasteiger partial charge in [-0.3, -0.25) is 0 Å². The minimum Gasteiger partial charge on any atom is -0.493 e. The second-order valence-corrected chi connectivity index (χ2v) is 6.28. The van der Waals surface area contributed by atoms with Crippen molar-refractivity contribution >= 4 is 0 Å². The van der Waals surface area contributed by atoms with E-state index in [2.05, 4.69) is 17.9 Å². The van der Waals surface area contributed by atoms with Crippen LogP contribution in [0.2, 0.25) is 0 Å². The zero-order valence-electron chi connectivity index (χ0n) is 13.5. The Morgan fingerprint density at radius 3 is 2.86 bits per heavy atom. The average molecular weight is 305 g/mol. The van der Waals surface area contributed by atoms with E-state index in [1.54, 1.807) is 0 Å². The molecule has 0 amide bonds. The van der Waals surface area contributed by atoms with Crippen molar-refractivity contribution < 1.29 is 14.2 Å². The first kappa shape index (κ1) is 15.8. The minimum absolute atomic E-state index is 0.0334. The topological polar surface area (TPSA) is 30.9 Å². The lowest BCUT2D eigenvalue weighted by Gasteiger charge is -2.34. The minimum atomic E-state index is 0.0334. The van der Waals surface area contributed by atoms with Gasteiger partial charge in [-0.25, -0.2) is 0 Å². The molecule has 0 radical (unpaired) electrons. The molecule has 3 rings (SSSR count). The molecule has 2 aliphatic rings. The van der Waals surface area contributed by atoms with Gasteiger partial charge in [0, 0.05) is 19.0 Å². The monoisotopic (exact) mass is 305 g/mol. The number of para-hydroxylation sites is 1. The van der Waals surface area contributed by atoms with E-state index in [0.29, 0.717) is 5.92 Å². The Morgan fingerprint density at radius 2 is 2.05 bits per heavy atom. The van der Waals surface area contributed by atoms with Gasteiger partial charge in [0.2, 0.25) is 0 Å². The van der Waals surface area contributed by atoms with E-state index in [1.165, 1.54) is 24.9 Å². The van der Waals surface area contributed by atoms with Crippen LogP contribution >= 0.6 is 0 Å². The number of benzene rings is 1. The van der Waals surface area contributed by atoms with Gasteiger partial charge < -0.3 is 19.1 Å². The van der Waals surface area contributed by atoms with Crippen molar-refractivity contribution in [1.29, 1.82) is 0 Å². The van der Waals surface area contributed by atoms with Gasteiger partial charge in [-0.05, 0) is 44.4 Å². The summed E-state index contributed by atoms with van der Waals surface area (Å²) >= 11 is 0. The molecule has 0 bridgehead atoms. The molecule has 0 N–H and O–H groups in total. The van der Waals surface area contributed by atoms with E-state index in [-0.39, 0.29) is 6.29 Å². The Bertz CT molecular complexity index is 459. The van der Waals surface area contributed by atoms with E-state index in [0.717, 1.165) is 45.1 Å². The molecule has 2 heterocycles. The SMILES string of the molecule is Cc1ccccc1OCCCN1CCCC(C2OCCO2)C1. The fourth-order valence-corrected chi connectivity index (χ4v) is 3.35. The first-order valence-electron chi connectivity index (χ1n) is 8.47. The molecule has 0 aliphatic carbocycles. The molecule has 1 atom stereocenters. The van der Waals surface area contributed by atoms with Crippen LogP contribution in [0, 0.1) is 12.8 Å². The normalized spacial score (nSPS) is 23.8. The zero-order chi connectivity index (χ0) is 15.2. The molecule has 2 aliphatic heterocycles. The fourth-order valence-electron chi connectivity index (χ4n) is 3.35. The van der Waals surface area contributed by atoms with E-state index < -0.39 is 0 Å². The summed E-state index contributed by atoms with van der Waals surface area (Å²) in [4.78, 5) is 2.53. The highest BCUT2D eigenvalue weighted by molar-refractivity contribution is 5.31. The number of aryl methyl sites for hydroxylation is 1. The van der Waals surface area contributed by atoms with Gasteiger partial charge in [0.15, 0.2) is 6.29 Å². The Balaban J connectivity index is 1.37. The van der Waals surface area contributed by atoms with E-state index >= 15 is 0 Å². The number of rotatable bonds is 6. The number of hydrogen-bond acceptors (Lipinski definition) is 4. The number of ether oxygens (including phenoxy) is 3. The van der Waals surface area contributed by atoms with Crippen LogP contribution < -0.4 is 4.74 Å². The maximum atomic E-state index is 5.88. The van der Waals surface area contributed by atoms with Crippen molar-refractivity contribution in [3.63, 3.8) is 0 Å². The van der Waals surface area contributed by atoms with E-state index in [4.69, 9.17) is 14.2 Å². The highest BCUT2D eigenvalue weighted by Gasteiger charge is 2.30.